The van der Waals surface area contributed by atoms with Crippen LogP contribution in [0.4, 0.5) is 0 Å². The van der Waals surface area contributed by atoms with Gasteiger partial charge < -0.3 is 5.32 Å². The Morgan fingerprint density at radius 2 is 2.11 bits per heavy atom. The number of carbonyl (C=O) groups is 1. The van der Waals surface area contributed by atoms with Crippen LogP contribution in [0.2, 0.25) is 10.2 Å². The van der Waals surface area contributed by atoms with E-state index in [1.165, 1.54) is 6.07 Å². The first kappa shape index (κ1) is 14.5. The van der Waals surface area contributed by atoms with Gasteiger partial charge >= 0.3 is 0 Å². The van der Waals surface area contributed by atoms with Gasteiger partial charge in [0.1, 0.15) is 10.0 Å². The van der Waals surface area contributed by atoms with Crippen LogP contribution in [0.5, 0.6) is 0 Å². The quantitative estimate of drug-likeness (QED) is 0.789. The average Bonchev–Trinajstić information content (AvgIpc) is 3.14. The van der Waals surface area contributed by atoms with Gasteiger partial charge in [-0.25, -0.2) is 18.1 Å². The van der Waals surface area contributed by atoms with E-state index < -0.39 is 10.0 Å². The second-order valence-electron chi connectivity index (χ2n) is 4.11. The van der Waals surface area contributed by atoms with Crippen LogP contribution in [-0.2, 0) is 14.8 Å². The van der Waals surface area contributed by atoms with Crippen molar-refractivity contribution in [1.29, 1.82) is 0 Å². The third kappa shape index (κ3) is 4.04. The molecule has 1 aromatic heterocycles. The zero-order valence-corrected chi connectivity index (χ0v) is 12.0. The number of sulfonamides is 1. The molecular weight excluding hydrogens is 313 g/mol. The Balaban J connectivity index is 2.00. The summed E-state index contributed by atoms with van der Waals surface area (Å²) >= 11 is 11.3. The lowest BCUT2D eigenvalue weighted by Gasteiger charge is -2.07. The first-order valence-electron chi connectivity index (χ1n) is 5.48. The minimum absolute atomic E-state index is 0.0205. The Bertz CT molecular complexity index is 602. The third-order valence-electron chi connectivity index (χ3n) is 2.45. The van der Waals surface area contributed by atoms with E-state index in [0.717, 1.165) is 19.0 Å². The Kier molecular flexibility index (Phi) is 4.29. The van der Waals surface area contributed by atoms with Gasteiger partial charge in [0, 0.05) is 12.2 Å². The second-order valence-corrected chi connectivity index (χ2v) is 6.64. The molecular formula is C10H11Cl2N3O3S. The number of rotatable bonds is 5. The Labute approximate surface area is 120 Å². The summed E-state index contributed by atoms with van der Waals surface area (Å²) in [5.74, 6) is -0.362. The predicted octanol–water partition coefficient (Wildman–Crippen LogP) is 0.945. The van der Waals surface area contributed by atoms with Crippen LogP contribution in [0.25, 0.3) is 0 Å². The lowest BCUT2D eigenvalue weighted by Crippen LogP contribution is -2.37. The van der Waals surface area contributed by atoms with Crippen molar-refractivity contribution < 1.29 is 13.2 Å². The highest BCUT2D eigenvalue weighted by atomic mass is 35.5. The number of amides is 1. The monoisotopic (exact) mass is 323 g/mol. The normalized spacial score (nSPS) is 15.3. The minimum Gasteiger partial charge on any atom is -0.352 e. The summed E-state index contributed by atoms with van der Waals surface area (Å²) < 4.78 is 25.9. The van der Waals surface area contributed by atoms with Crippen LogP contribution in [-0.4, -0.2) is 31.9 Å². The molecule has 0 radical (unpaired) electrons. The molecule has 1 heterocycles. The Hall–Kier alpha value is -0.890. The van der Waals surface area contributed by atoms with Gasteiger partial charge in [-0.05, 0) is 18.9 Å². The molecule has 1 aliphatic rings. The van der Waals surface area contributed by atoms with Gasteiger partial charge in [-0.3, -0.25) is 4.79 Å². The van der Waals surface area contributed by atoms with Crippen LogP contribution in [0.1, 0.15) is 12.8 Å². The summed E-state index contributed by atoms with van der Waals surface area (Å²) in [5, 5.41) is 2.72. The molecule has 0 atom stereocenters. The summed E-state index contributed by atoms with van der Waals surface area (Å²) in [6.07, 6.45) is 2.96. The van der Waals surface area contributed by atoms with Crippen LogP contribution in [0.15, 0.2) is 17.2 Å². The van der Waals surface area contributed by atoms with Crippen LogP contribution >= 0.6 is 23.2 Å². The number of hydrogen-bond donors (Lipinski definition) is 2. The molecule has 2 rings (SSSR count). The summed E-state index contributed by atoms with van der Waals surface area (Å²) in [6, 6.07) is 1.36. The molecule has 0 aliphatic heterocycles. The lowest BCUT2D eigenvalue weighted by molar-refractivity contribution is -0.120. The SMILES string of the molecule is O=C(CNS(=O)(=O)c1cnc(Cl)c(Cl)c1)NC1CC1. The molecule has 0 saturated heterocycles. The summed E-state index contributed by atoms with van der Waals surface area (Å²) in [6.45, 7) is -0.320. The number of nitrogens with one attached hydrogen (secondary N) is 2. The second kappa shape index (κ2) is 5.62. The van der Waals surface area contributed by atoms with E-state index in [2.05, 4.69) is 15.0 Å². The summed E-state index contributed by atoms with van der Waals surface area (Å²) in [5.41, 5.74) is 0. The van der Waals surface area contributed by atoms with E-state index in [0.29, 0.717) is 0 Å². The number of pyridine rings is 1. The van der Waals surface area contributed by atoms with E-state index >= 15 is 0 Å². The summed E-state index contributed by atoms with van der Waals surface area (Å²) in [4.78, 5) is 14.9. The Morgan fingerprint density at radius 1 is 1.42 bits per heavy atom. The van der Waals surface area contributed by atoms with Crippen LogP contribution < -0.4 is 10.0 Å². The van der Waals surface area contributed by atoms with E-state index in [1.807, 2.05) is 0 Å². The average molecular weight is 324 g/mol. The fourth-order valence-electron chi connectivity index (χ4n) is 1.30. The maximum atomic E-state index is 11.9. The third-order valence-corrected chi connectivity index (χ3v) is 4.50. The van der Waals surface area contributed by atoms with Crippen molar-refractivity contribution in [3.05, 3.63) is 22.4 Å². The fourth-order valence-corrected chi connectivity index (χ4v) is 2.59. The van der Waals surface area contributed by atoms with Crippen LogP contribution in [0.3, 0.4) is 0 Å². The molecule has 0 bridgehead atoms. The number of aromatic nitrogens is 1. The first-order chi connectivity index (χ1) is 8.88. The zero-order valence-electron chi connectivity index (χ0n) is 9.69. The topological polar surface area (TPSA) is 88.2 Å². The molecule has 1 aliphatic carbocycles. The zero-order chi connectivity index (χ0) is 14.0. The summed E-state index contributed by atoms with van der Waals surface area (Å²) in [7, 11) is -3.83. The first-order valence-corrected chi connectivity index (χ1v) is 7.72. The molecule has 104 valence electrons. The highest BCUT2D eigenvalue weighted by Gasteiger charge is 2.24. The molecule has 1 amide bonds. The molecule has 6 nitrogen and oxygen atoms in total. The number of hydrogen-bond acceptors (Lipinski definition) is 4. The van der Waals surface area contributed by atoms with Crippen molar-refractivity contribution in [3.8, 4) is 0 Å². The van der Waals surface area contributed by atoms with Crippen molar-refractivity contribution in [2.75, 3.05) is 6.54 Å². The van der Waals surface area contributed by atoms with Crippen molar-refractivity contribution >= 4 is 39.1 Å². The van der Waals surface area contributed by atoms with Crippen molar-refractivity contribution in [1.82, 2.24) is 15.0 Å². The Morgan fingerprint density at radius 3 is 2.68 bits per heavy atom. The van der Waals surface area contributed by atoms with Crippen LogP contribution in [0, 0.1) is 0 Å². The highest BCUT2D eigenvalue weighted by Crippen LogP contribution is 2.22. The maximum absolute atomic E-state index is 11.9. The molecule has 0 unspecified atom stereocenters. The van der Waals surface area contributed by atoms with E-state index in [4.69, 9.17) is 23.2 Å². The van der Waals surface area contributed by atoms with Gasteiger partial charge in [-0.2, -0.15) is 0 Å². The molecule has 0 spiro atoms. The predicted molar refractivity (Wildman–Crippen MR) is 70.6 cm³/mol. The fraction of sp³-hybridized carbons (Fsp3) is 0.400. The molecule has 1 fully saturated rings. The molecule has 1 aromatic rings. The van der Waals surface area contributed by atoms with Crippen molar-refractivity contribution in [3.63, 3.8) is 0 Å². The lowest BCUT2D eigenvalue weighted by atomic mass is 10.5. The molecule has 2 N–H and O–H groups in total. The smallest absolute Gasteiger partial charge is 0.242 e. The van der Waals surface area contributed by atoms with E-state index in [1.54, 1.807) is 0 Å². The minimum atomic E-state index is -3.83. The molecule has 1 saturated carbocycles. The van der Waals surface area contributed by atoms with E-state index in [9.17, 15) is 13.2 Å². The van der Waals surface area contributed by atoms with Gasteiger partial charge in [-0.1, -0.05) is 23.2 Å². The van der Waals surface area contributed by atoms with Gasteiger partial charge in [0.15, 0.2) is 0 Å². The molecule has 9 heteroatoms. The number of halogens is 2. The van der Waals surface area contributed by atoms with Gasteiger partial charge in [-0.15, -0.1) is 0 Å². The highest BCUT2D eigenvalue weighted by molar-refractivity contribution is 7.89. The van der Waals surface area contributed by atoms with Crippen molar-refractivity contribution in [2.45, 2.75) is 23.8 Å². The largest absolute Gasteiger partial charge is 0.352 e. The van der Waals surface area contributed by atoms with E-state index in [-0.39, 0.29) is 33.6 Å². The number of nitrogens with zero attached hydrogens (tertiary/aromatic N) is 1. The molecule has 0 aromatic carbocycles. The molecule has 19 heavy (non-hydrogen) atoms. The maximum Gasteiger partial charge on any atom is 0.242 e. The van der Waals surface area contributed by atoms with Gasteiger partial charge in [0.2, 0.25) is 15.9 Å². The van der Waals surface area contributed by atoms with Crippen molar-refractivity contribution in [2.24, 2.45) is 0 Å². The standard InChI is InChI=1S/C10H11Cl2N3O3S/c11-8-3-7(4-13-10(8)12)19(17,18)14-5-9(16)15-6-1-2-6/h3-4,6,14H,1-2,5H2,(H,15,16). The van der Waals surface area contributed by atoms with Gasteiger partial charge in [0.05, 0.1) is 11.6 Å². The van der Waals surface area contributed by atoms with Gasteiger partial charge in [0.25, 0.3) is 0 Å². The number of carbonyl (C=O) groups excluding carboxylic acids is 1.